The molecule has 2 aromatic carbocycles. The van der Waals surface area contributed by atoms with E-state index in [0.29, 0.717) is 24.1 Å². The molecule has 0 amide bonds. The number of hydrogen-bond donors (Lipinski definition) is 2. The van der Waals surface area contributed by atoms with Gasteiger partial charge < -0.3 is 10.8 Å². The molecule has 0 fully saturated rings. The zero-order valence-corrected chi connectivity index (χ0v) is 10.9. The van der Waals surface area contributed by atoms with Gasteiger partial charge in [-0.25, -0.2) is 0 Å². The minimum absolute atomic E-state index is 0.348. The van der Waals surface area contributed by atoms with E-state index in [1.54, 1.807) is 6.07 Å². The van der Waals surface area contributed by atoms with Crippen LogP contribution < -0.4 is 5.73 Å². The first-order chi connectivity index (χ1) is 9.29. The Balaban J connectivity index is 2.00. The molecule has 0 heterocycles. The topological polar surface area (TPSA) is 46.2 Å². The molecule has 2 nitrogen and oxygen atoms in total. The number of aromatic hydroxyl groups is 1. The van der Waals surface area contributed by atoms with Crippen molar-refractivity contribution < 1.29 is 5.11 Å². The summed E-state index contributed by atoms with van der Waals surface area (Å²) in [5.41, 5.74) is 9.58. The zero-order valence-electron chi connectivity index (χ0n) is 10.9. The van der Waals surface area contributed by atoms with E-state index in [1.165, 1.54) is 11.1 Å². The average Bonchev–Trinajstić information content (AvgIpc) is 2.48. The molecule has 0 aromatic heterocycles. The van der Waals surface area contributed by atoms with Crippen molar-refractivity contribution in [1.82, 2.24) is 0 Å². The molecule has 1 aliphatic rings. The molecular formula is C17H19NO. The molecule has 1 aliphatic carbocycles. The molecule has 0 spiro atoms. The summed E-state index contributed by atoms with van der Waals surface area (Å²) in [6.45, 7) is 0.639. The number of fused-ring (bicyclic) bond motifs is 1. The maximum Gasteiger partial charge on any atom is 0.119 e. The van der Waals surface area contributed by atoms with Gasteiger partial charge in [0, 0.05) is 0 Å². The van der Waals surface area contributed by atoms with Crippen molar-refractivity contribution in [2.75, 3.05) is 6.54 Å². The number of phenolic OH excluding ortho intramolecular Hbond substituents is 1. The summed E-state index contributed by atoms with van der Waals surface area (Å²) >= 11 is 0. The van der Waals surface area contributed by atoms with Crippen LogP contribution in [0.4, 0.5) is 0 Å². The van der Waals surface area contributed by atoms with Crippen molar-refractivity contribution >= 4 is 0 Å². The van der Waals surface area contributed by atoms with Gasteiger partial charge in [-0.1, -0.05) is 42.5 Å². The van der Waals surface area contributed by atoms with Gasteiger partial charge in [-0.15, -0.1) is 0 Å². The van der Waals surface area contributed by atoms with Crippen LogP contribution in [-0.2, 0) is 6.42 Å². The van der Waals surface area contributed by atoms with Crippen LogP contribution in [0.2, 0.25) is 0 Å². The standard InChI is InChI=1S/C17H19NO/c18-11-14-9-13(12-5-2-1-3-6-12)10-16-15(14)7-4-8-17(16)19/h1-8,13-14,19H,9-11,18H2/t13-,14-/m0/s1. The van der Waals surface area contributed by atoms with E-state index < -0.39 is 0 Å². The number of phenols is 1. The fraction of sp³-hybridized carbons (Fsp3) is 0.294. The zero-order chi connectivity index (χ0) is 13.2. The molecular weight excluding hydrogens is 234 g/mol. The Kier molecular flexibility index (Phi) is 3.26. The molecule has 0 unspecified atom stereocenters. The summed E-state index contributed by atoms with van der Waals surface area (Å²) < 4.78 is 0. The van der Waals surface area contributed by atoms with Crippen molar-refractivity contribution in [3.05, 3.63) is 65.2 Å². The maximum absolute atomic E-state index is 10.1. The van der Waals surface area contributed by atoms with E-state index in [1.807, 2.05) is 12.1 Å². The highest BCUT2D eigenvalue weighted by atomic mass is 16.3. The summed E-state index contributed by atoms with van der Waals surface area (Å²) in [4.78, 5) is 0. The molecule has 3 N–H and O–H groups in total. The van der Waals surface area contributed by atoms with Gasteiger partial charge in [-0.2, -0.15) is 0 Å². The van der Waals surface area contributed by atoms with Crippen molar-refractivity contribution in [2.24, 2.45) is 5.73 Å². The van der Waals surface area contributed by atoms with E-state index in [-0.39, 0.29) is 0 Å². The molecule has 0 radical (unpaired) electrons. The van der Waals surface area contributed by atoms with Crippen LogP contribution in [0.15, 0.2) is 48.5 Å². The van der Waals surface area contributed by atoms with Crippen LogP contribution in [0.1, 0.15) is 34.9 Å². The fourth-order valence-electron chi connectivity index (χ4n) is 3.20. The monoisotopic (exact) mass is 253 g/mol. The predicted molar refractivity (Wildman–Crippen MR) is 77.4 cm³/mol. The predicted octanol–water partition coefficient (Wildman–Crippen LogP) is 3.16. The number of benzene rings is 2. The number of nitrogens with two attached hydrogens (primary N) is 1. The van der Waals surface area contributed by atoms with E-state index in [9.17, 15) is 5.11 Å². The lowest BCUT2D eigenvalue weighted by Gasteiger charge is -2.31. The molecule has 0 aliphatic heterocycles. The molecule has 2 aromatic rings. The van der Waals surface area contributed by atoms with Gasteiger partial charge in [-0.3, -0.25) is 0 Å². The van der Waals surface area contributed by atoms with E-state index >= 15 is 0 Å². The molecule has 2 heteroatoms. The van der Waals surface area contributed by atoms with Gasteiger partial charge in [0.2, 0.25) is 0 Å². The van der Waals surface area contributed by atoms with Crippen LogP contribution in [0.25, 0.3) is 0 Å². The SMILES string of the molecule is NC[C@@H]1C[C@H](c2ccccc2)Cc2c(O)cccc21. The van der Waals surface area contributed by atoms with Gasteiger partial charge in [0.05, 0.1) is 0 Å². The van der Waals surface area contributed by atoms with Crippen LogP contribution in [0.5, 0.6) is 5.75 Å². The van der Waals surface area contributed by atoms with Crippen molar-refractivity contribution in [3.63, 3.8) is 0 Å². The first-order valence-electron chi connectivity index (χ1n) is 6.85. The summed E-state index contributed by atoms with van der Waals surface area (Å²) in [5, 5.41) is 10.1. The second-order valence-electron chi connectivity index (χ2n) is 5.32. The van der Waals surface area contributed by atoms with Gasteiger partial charge in [0.15, 0.2) is 0 Å². The lowest BCUT2D eigenvalue weighted by Crippen LogP contribution is -2.23. The van der Waals surface area contributed by atoms with Gasteiger partial charge in [-0.05, 0) is 54.0 Å². The second kappa shape index (κ2) is 5.06. The Morgan fingerprint density at radius 3 is 2.58 bits per heavy atom. The van der Waals surface area contributed by atoms with Gasteiger partial charge >= 0.3 is 0 Å². The van der Waals surface area contributed by atoms with Gasteiger partial charge in [0.1, 0.15) is 5.75 Å². The summed E-state index contributed by atoms with van der Waals surface area (Å²) in [7, 11) is 0. The Hall–Kier alpha value is -1.80. The molecule has 0 bridgehead atoms. The largest absolute Gasteiger partial charge is 0.508 e. The molecule has 0 saturated heterocycles. The Labute approximate surface area is 113 Å². The molecule has 3 rings (SSSR count). The lowest BCUT2D eigenvalue weighted by molar-refractivity contribution is 0.440. The Bertz CT molecular complexity index is 565. The fourth-order valence-corrected chi connectivity index (χ4v) is 3.20. The highest BCUT2D eigenvalue weighted by Gasteiger charge is 2.28. The Morgan fingerprint density at radius 1 is 1.05 bits per heavy atom. The first kappa shape index (κ1) is 12.2. The minimum Gasteiger partial charge on any atom is -0.508 e. The summed E-state index contributed by atoms with van der Waals surface area (Å²) in [5.74, 6) is 1.22. The molecule has 98 valence electrons. The van der Waals surface area contributed by atoms with Crippen molar-refractivity contribution in [2.45, 2.75) is 24.7 Å². The smallest absolute Gasteiger partial charge is 0.119 e. The number of rotatable bonds is 2. The first-order valence-corrected chi connectivity index (χ1v) is 6.85. The summed E-state index contributed by atoms with van der Waals surface area (Å²) in [6.07, 6.45) is 1.97. The van der Waals surface area contributed by atoms with E-state index in [2.05, 4.69) is 30.3 Å². The third-order valence-electron chi connectivity index (χ3n) is 4.20. The average molecular weight is 253 g/mol. The van der Waals surface area contributed by atoms with E-state index in [4.69, 9.17) is 5.73 Å². The summed E-state index contributed by atoms with van der Waals surface area (Å²) in [6, 6.07) is 16.3. The van der Waals surface area contributed by atoms with E-state index in [0.717, 1.165) is 18.4 Å². The normalized spacial score (nSPS) is 21.9. The van der Waals surface area contributed by atoms with Crippen molar-refractivity contribution in [3.8, 4) is 5.75 Å². The minimum atomic E-state index is 0.348. The third-order valence-corrected chi connectivity index (χ3v) is 4.20. The molecule has 0 saturated carbocycles. The van der Waals surface area contributed by atoms with Crippen LogP contribution >= 0.6 is 0 Å². The van der Waals surface area contributed by atoms with Crippen LogP contribution in [-0.4, -0.2) is 11.7 Å². The highest BCUT2D eigenvalue weighted by Crippen LogP contribution is 2.42. The highest BCUT2D eigenvalue weighted by molar-refractivity contribution is 5.45. The second-order valence-corrected chi connectivity index (χ2v) is 5.32. The Morgan fingerprint density at radius 2 is 1.84 bits per heavy atom. The van der Waals surface area contributed by atoms with Crippen LogP contribution in [0, 0.1) is 0 Å². The molecule has 19 heavy (non-hydrogen) atoms. The maximum atomic E-state index is 10.1. The van der Waals surface area contributed by atoms with Gasteiger partial charge in [0.25, 0.3) is 0 Å². The third kappa shape index (κ3) is 2.24. The quantitative estimate of drug-likeness (QED) is 0.863. The number of hydrogen-bond acceptors (Lipinski definition) is 2. The van der Waals surface area contributed by atoms with Crippen LogP contribution in [0.3, 0.4) is 0 Å². The van der Waals surface area contributed by atoms with Crippen molar-refractivity contribution in [1.29, 1.82) is 0 Å². The lowest BCUT2D eigenvalue weighted by atomic mass is 9.74. The molecule has 2 atom stereocenters.